The maximum absolute atomic E-state index is 13.4. The van der Waals surface area contributed by atoms with Gasteiger partial charge in [0, 0.05) is 42.5 Å². The minimum Gasteiger partial charge on any atom is -0.493 e. The number of anilines is 2. The number of hydrogen-bond acceptors (Lipinski definition) is 8. The molecule has 0 unspecified atom stereocenters. The molecule has 196 valence electrons. The van der Waals surface area contributed by atoms with Crippen molar-refractivity contribution in [1.82, 2.24) is 20.0 Å². The Morgan fingerprint density at radius 2 is 1.95 bits per heavy atom. The molecule has 1 aromatic heterocycles. The molecule has 1 aliphatic heterocycles. The zero-order valence-corrected chi connectivity index (χ0v) is 21.3. The molecule has 9 nitrogen and oxygen atoms in total. The summed E-state index contributed by atoms with van der Waals surface area (Å²) in [7, 11) is 1.59. The molecule has 37 heavy (non-hydrogen) atoms. The van der Waals surface area contributed by atoms with Crippen molar-refractivity contribution in [1.29, 1.82) is 0 Å². The van der Waals surface area contributed by atoms with Gasteiger partial charge in [-0.1, -0.05) is 11.6 Å². The fourth-order valence-corrected chi connectivity index (χ4v) is 5.01. The molecule has 1 N–H and O–H groups in total. The van der Waals surface area contributed by atoms with Gasteiger partial charge in [-0.2, -0.15) is 0 Å². The van der Waals surface area contributed by atoms with Crippen molar-refractivity contribution in [2.45, 2.75) is 37.8 Å². The maximum atomic E-state index is 13.4. The van der Waals surface area contributed by atoms with E-state index in [0.717, 1.165) is 50.6 Å². The second-order valence-corrected chi connectivity index (χ2v) is 9.52. The number of amides is 1. The van der Waals surface area contributed by atoms with Gasteiger partial charge in [0.2, 0.25) is 12.4 Å². The first-order chi connectivity index (χ1) is 18.0. The van der Waals surface area contributed by atoms with Crippen molar-refractivity contribution in [3.05, 3.63) is 47.4 Å². The number of benzene rings is 2. The molecular formula is C26H29ClFN5O4. The number of ether oxygens (including phenoxy) is 3. The molecular weight excluding hydrogens is 501 g/mol. The largest absolute Gasteiger partial charge is 0.493 e. The van der Waals surface area contributed by atoms with Gasteiger partial charge in [-0.3, -0.25) is 9.80 Å². The molecule has 2 heterocycles. The average molecular weight is 530 g/mol. The van der Waals surface area contributed by atoms with Gasteiger partial charge in [0.25, 0.3) is 0 Å². The lowest BCUT2D eigenvalue weighted by Gasteiger charge is -2.42. The molecule has 2 aliphatic rings. The number of halogens is 2. The molecule has 2 aromatic carbocycles. The fourth-order valence-electron chi connectivity index (χ4n) is 4.83. The van der Waals surface area contributed by atoms with Crippen LogP contribution in [-0.4, -0.2) is 72.0 Å². The van der Waals surface area contributed by atoms with Crippen LogP contribution in [0.15, 0.2) is 36.5 Å². The lowest BCUT2D eigenvalue weighted by Crippen LogP contribution is -2.53. The number of fused-ring (bicyclic) bond motifs is 1. The highest BCUT2D eigenvalue weighted by atomic mass is 35.5. The van der Waals surface area contributed by atoms with E-state index in [1.807, 2.05) is 17.1 Å². The van der Waals surface area contributed by atoms with Crippen LogP contribution in [-0.2, 0) is 9.53 Å². The molecule has 3 aromatic rings. The molecule has 1 saturated carbocycles. The highest BCUT2D eigenvalue weighted by Gasteiger charge is 2.30. The number of carbonyl (C=O) groups excluding carboxylic acids is 1. The third-order valence-electron chi connectivity index (χ3n) is 6.77. The highest BCUT2D eigenvalue weighted by molar-refractivity contribution is 6.31. The lowest BCUT2D eigenvalue weighted by molar-refractivity contribution is -0.153. The van der Waals surface area contributed by atoms with Gasteiger partial charge in [-0.15, -0.1) is 0 Å². The summed E-state index contributed by atoms with van der Waals surface area (Å²) in [6.07, 6.45) is 6.05. The Kier molecular flexibility index (Phi) is 7.87. The van der Waals surface area contributed by atoms with Gasteiger partial charge in [0.05, 0.1) is 37.0 Å². The van der Waals surface area contributed by atoms with Crippen LogP contribution in [0.1, 0.15) is 25.7 Å². The number of nitrogens with zero attached hydrogens (tertiary/aromatic N) is 4. The van der Waals surface area contributed by atoms with Crippen molar-refractivity contribution in [3.8, 4) is 11.5 Å². The zero-order valence-electron chi connectivity index (χ0n) is 20.5. The predicted octanol–water partition coefficient (Wildman–Crippen LogP) is 4.57. The summed E-state index contributed by atoms with van der Waals surface area (Å²) < 4.78 is 30.8. The van der Waals surface area contributed by atoms with Crippen LogP contribution in [0.5, 0.6) is 11.5 Å². The molecule has 0 bridgehead atoms. The molecule has 5 rings (SSSR count). The van der Waals surface area contributed by atoms with E-state index in [9.17, 15) is 9.18 Å². The van der Waals surface area contributed by atoms with Crippen LogP contribution in [0.3, 0.4) is 0 Å². The summed E-state index contributed by atoms with van der Waals surface area (Å²) in [4.78, 5) is 20.7. The summed E-state index contributed by atoms with van der Waals surface area (Å²) in [6, 6.07) is 8.19. The van der Waals surface area contributed by atoms with E-state index in [1.165, 1.54) is 12.1 Å². The lowest BCUT2D eigenvalue weighted by atomic mass is 9.92. The van der Waals surface area contributed by atoms with Crippen LogP contribution in [0, 0.1) is 5.82 Å². The number of nitrogens with one attached hydrogen (secondary N) is 1. The van der Waals surface area contributed by atoms with E-state index in [4.69, 9.17) is 25.8 Å². The summed E-state index contributed by atoms with van der Waals surface area (Å²) >= 11 is 5.87. The molecule has 0 atom stereocenters. The van der Waals surface area contributed by atoms with Gasteiger partial charge < -0.3 is 19.5 Å². The first-order valence-corrected chi connectivity index (χ1v) is 12.7. The van der Waals surface area contributed by atoms with Gasteiger partial charge in [0.1, 0.15) is 5.82 Å². The standard InChI is InChI=1S/C26H29ClFN5O4/c1-35-24-14-23-17(15-29-26(31-23)30-18-2-7-22(28)21(27)13-18)12-25(24)37-20-5-3-19(4-6-20)33(16-34)32-8-10-36-11-9-32/h2,7,12-16,19-20H,3-6,8-11H2,1H3,(H,29,30,31). The number of carbonyl (C=O) groups is 1. The minimum atomic E-state index is -0.490. The number of methoxy groups -OCH3 is 1. The predicted molar refractivity (Wildman–Crippen MR) is 138 cm³/mol. The van der Waals surface area contributed by atoms with Crippen molar-refractivity contribution in [3.63, 3.8) is 0 Å². The topological polar surface area (TPSA) is 89.0 Å². The summed E-state index contributed by atoms with van der Waals surface area (Å²) in [6.45, 7) is 2.76. The quantitative estimate of drug-likeness (QED) is 0.424. The zero-order chi connectivity index (χ0) is 25.8. The minimum absolute atomic E-state index is 0.0169. The van der Waals surface area contributed by atoms with E-state index in [-0.39, 0.29) is 17.2 Å². The molecule has 0 spiro atoms. The number of hydrogen-bond donors (Lipinski definition) is 1. The Bertz CT molecular complexity index is 1250. The Hall–Kier alpha value is -3.21. The third kappa shape index (κ3) is 5.87. The van der Waals surface area contributed by atoms with E-state index >= 15 is 0 Å². The highest BCUT2D eigenvalue weighted by Crippen LogP contribution is 2.35. The van der Waals surface area contributed by atoms with Gasteiger partial charge in [0.15, 0.2) is 11.5 Å². The van der Waals surface area contributed by atoms with Crippen LogP contribution in [0.25, 0.3) is 10.9 Å². The summed E-state index contributed by atoms with van der Waals surface area (Å²) in [5.41, 5.74) is 1.25. The van der Waals surface area contributed by atoms with E-state index in [0.29, 0.717) is 41.9 Å². The van der Waals surface area contributed by atoms with Gasteiger partial charge >= 0.3 is 0 Å². The fraction of sp³-hybridized carbons (Fsp3) is 0.423. The second kappa shape index (κ2) is 11.5. The maximum Gasteiger partial charge on any atom is 0.227 e. The Morgan fingerprint density at radius 1 is 1.16 bits per heavy atom. The smallest absolute Gasteiger partial charge is 0.227 e. The monoisotopic (exact) mass is 529 g/mol. The number of morpholine rings is 1. The SMILES string of the molecule is COc1cc2nc(Nc3ccc(F)c(Cl)c3)ncc2cc1OC1CCC(N(C=O)N2CCOCC2)CC1. The molecule has 11 heteroatoms. The molecule has 1 amide bonds. The van der Waals surface area contributed by atoms with Crippen LogP contribution < -0.4 is 14.8 Å². The second-order valence-electron chi connectivity index (χ2n) is 9.11. The van der Waals surface area contributed by atoms with Crippen molar-refractivity contribution in [2.75, 3.05) is 38.7 Å². The van der Waals surface area contributed by atoms with E-state index in [2.05, 4.69) is 20.3 Å². The Morgan fingerprint density at radius 3 is 2.65 bits per heavy atom. The third-order valence-corrected chi connectivity index (χ3v) is 7.06. The average Bonchev–Trinajstić information content (AvgIpc) is 2.92. The molecule has 0 radical (unpaired) electrons. The summed E-state index contributed by atoms with van der Waals surface area (Å²) in [5.74, 6) is 1.07. The first-order valence-electron chi connectivity index (χ1n) is 12.3. The van der Waals surface area contributed by atoms with Gasteiger partial charge in [-0.05, 0) is 49.9 Å². The van der Waals surface area contributed by atoms with Crippen molar-refractivity contribution >= 4 is 40.5 Å². The number of hydrazine groups is 1. The number of rotatable bonds is 8. The van der Waals surface area contributed by atoms with Crippen molar-refractivity contribution < 1.29 is 23.4 Å². The first kappa shape index (κ1) is 25.4. The summed E-state index contributed by atoms with van der Waals surface area (Å²) in [5, 5.41) is 7.78. The van der Waals surface area contributed by atoms with Crippen molar-refractivity contribution in [2.24, 2.45) is 0 Å². The molecule has 1 saturated heterocycles. The molecule has 1 aliphatic carbocycles. The van der Waals surface area contributed by atoms with Crippen LogP contribution in [0.4, 0.5) is 16.0 Å². The van der Waals surface area contributed by atoms with Crippen LogP contribution >= 0.6 is 11.6 Å². The Balaban J connectivity index is 1.25. The van der Waals surface area contributed by atoms with Crippen LogP contribution in [0.2, 0.25) is 5.02 Å². The normalized spacial score (nSPS) is 20.4. The molecule has 2 fully saturated rings. The van der Waals surface area contributed by atoms with E-state index in [1.54, 1.807) is 19.4 Å². The number of aromatic nitrogens is 2. The Labute approximate surface area is 219 Å². The van der Waals surface area contributed by atoms with E-state index < -0.39 is 5.82 Å². The van der Waals surface area contributed by atoms with Gasteiger partial charge in [-0.25, -0.2) is 19.4 Å².